The summed E-state index contributed by atoms with van der Waals surface area (Å²) in [5.41, 5.74) is 2.91. The van der Waals surface area contributed by atoms with Gasteiger partial charge in [0.1, 0.15) is 9.71 Å². The molecule has 3 aromatic rings. The summed E-state index contributed by atoms with van der Waals surface area (Å²) in [4.78, 5) is 37.9. The first-order valence-electron chi connectivity index (χ1n) is 10.5. The van der Waals surface area contributed by atoms with Crippen LogP contribution in [0.3, 0.4) is 0 Å². The second-order valence-electron chi connectivity index (χ2n) is 8.19. The first kappa shape index (κ1) is 19.9. The lowest BCUT2D eigenvalue weighted by molar-refractivity contribution is 0.0935. The Kier molecular flexibility index (Phi) is 5.07. The van der Waals surface area contributed by atoms with Crippen molar-refractivity contribution in [2.75, 3.05) is 23.3 Å². The standard InChI is InChI=1S/C22H24N6O2S/c1-12(2)15-10-14(5-8-24-15)28-16-6-9-25-21-17(16)18(27-22(28)30)19(31-21)20(29)26-13-4-3-7-23-11-13/h5-6,8-10,12-13,23H,3-4,7,11H2,1-2H3,(H,26,29)(H,27,30). The zero-order chi connectivity index (χ0) is 21.5. The fourth-order valence-electron chi connectivity index (χ4n) is 4.12. The molecule has 160 valence electrons. The largest absolute Gasteiger partial charge is 0.347 e. The molecule has 1 saturated heterocycles. The molecule has 3 aromatic heterocycles. The van der Waals surface area contributed by atoms with E-state index in [9.17, 15) is 9.59 Å². The third-order valence-electron chi connectivity index (χ3n) is 5.70. The van der Waals surface area contributed by atoms with Crippen molar-refractivity contribution in [3.63, 3.8) is 0 Å². The van der Waals surface area contributed by atoms with E-state index >= 15 is 0 Å². The molecule has 0 saturated carbocycles. The number of nitrogens with zero attached hydrogens (tertiary/aromatic N) is 3. The smallest absolute Gasteiger partial charge is 0.331 e. The SMILES string of the molecule is CC(C)c1cc(N2C(=O)Nc3c(C(=O)NC4CCCNC4)sc4nccc2c34)ccn1. The number of hydrogen-bond acceptors (Lipinski definition) is 6. The summed E-state index contributed by atoms with van der Waals surface area (Å²) >= 11 is 1.31. The molecule has 2 aliphatic rings. The van der Waals surface area contributed by atoms with Crippen LogP contribution in [0.2, 0.25) is 0 Å². The van der Waals surface area contributed by atoms with Crippen molar-refractivity contribution in [2.45, 2.75) is 38.6 Å². The maximum absolute atomic E-state index is 13.2. The summed E-state index contributed by atoms with van der Waals surface area (Å²) in [6, 6.07) is 5.36. The Morgan fingerprint density at radius 3 is 2.90 bits per heavy atom. The number of rotatable bonds is 4. The van der Waals surface area contributed by atoms with Crippen LogP contribution in [0.5, 0.6) is 0 Å². The molecule has 5 rings (SSSR count). The van der Waals surface area contributed by atoms with Crippen molar-refractivity contribution in [3.8, 4) is 0 Å². The maximum Gasteiger partial charge on any atom is 0.331 e. The van der Waals surface area contributed by atoms with E-state index in [0.717, 1.165) is 53.2 Å². The molecule has 1 atom stereocenters. The van der Waals surface area contributed by atoms with Gasteiger partial charge in [0.2, 0.25) is 0 Å². The number of urea groups is 1. The van der Waals surface area contributed by atoms with Gasteiger partial charge >= 0.3 is 6.03 Å². The lowest BCUT2D eigenvalue weighted by Crippen LogP contribution is -2.45. The van der Waals surface area contributed by atoms with E-state index in [4.69, 9.17) is 0 Å². The molecule has 3 amide bonds. The minimum atomic E-state index is -0.298. The number of anilines is 3. The lowest BCUT2D eigenvalue weighted by atomic mass is 10.1. The van der Waals surface area contributed by atoms with Crippen LogP contribution in [0.4, 0.5) is 21.9 Å². The van der Waals surface area contributed by atoms with Crippen molar-refractivity contribution >= 4 is 50.6 Å². The van der Waals surface area contributed by atoms with Gasteiger partial charge in [-0.25, -0.2) is 9.78 Å². The molecule has 9 heteroatoms. The number of amides is 3. The minimum absolute atomic E-state index is 0.0909. The number of nitrogens with one attached hydrogen (secondary N) is 3. The first-order valence-corrected chi connectivity index (χ1v) is 11.3. The average Bonchev–Trinajstić information content (AvgIpc) is 3.14. The summed E-state index contributed by atoms with van der Waals surface area (Å²) < 4.78 is 0. The Labute approximate surface area is 184 Å². The Morgan fingerprint density at radius 1 is 1.29 bits per heavy atom. The lowest BCUT2D eigenvalue weighted by Gasteiger charge is -2.29. The van der Waals surface area contributed by atoms with E-state index in [1.165, 1.54) is 11.3 Å². The summed E-state index contributed by atoms with van der Waals surface area (Å²) in [5.74, 6) is 0.0731. The van der Waals surface area contributed by atoms with Gasteiger partial charge in [-0.2, -0.15) is 0 Å². The van der Waals surface area contributed by atoms with E-state index in [0.29, 0.717) is 10.6 Å². The molecule has 0 bridgehead atoms. The van der Waals surface area contributed by atoms with Crippen molar-refractivity contribution in [2.24, 2.45) is 0 Å². The molecular formula is C22H24N6O2S. The minimum Gasteiger partial charge on any atom is -0.347 e. The van der Waals surface area contributed by atoms with Crippen LogP contribution in [0.15, 0.2) is 30.6 Å². The predicted molar refractivity (Wildman–Crippen MR) is 122 cm³/mol. The molecule has 31 heavy (non-hydrogen) atoms. The Morgan fingerprint density at radius 2 is 2.13 bits per heavy atom. The van der Waals surface area contributed by atoms with Crippen LogP contribution < -0.4 is 20.9 Å². The zero-order valence-electron chi connectivity index (χ0n) is 17.4. The van der Waals surface area contributed by atoms with Gasteiger partial charge in [-0.1, -0.05) is 13.8 Å². The summed E-state index contributed by atoms with van der Waals surface area (Å²) in [6.07, 6.45) is 5.38. The molecule has 8 nitrogen and oxygen atoms in total. The van der Waals surface area contributed by atoms with Crippen LogP contribution in [0.1, 0.15) is 48.0 Å². The summed E-state index contributed by atoms with van der Waals surface area (Å²) in [5, 5.41) is 10.1. The molecule has 1 fully saturated rings. The van der Waals surface area contributed by atoms with Crippen LogP contribution in [-0.2, 0) is 0 Å². The number of aromatic nitrogens is 2. The zero-order valence-corrected chi connectivity index (χ0v) is 18.3. The monoisotopic (exact) mass is 436 g/mol. The molecule has 0 aliphatic carbocycles. The topological polar surface area (TPSA) is 99.2 Å². The second kappa shape index (κ2) is 7.90. The number of carbonyl (C=O) groups excluding carboxylic acids is 2. The highest BCUT2D eigenvalue weighted by Gasteiger charge is 2.33. The Hall–Kier alpha value is -3.04. The van der Waals surface area contributed by atoms with E-state index < -0.39 is 0 Å². The summed E-state index contributed by atoms with van der Waals surface area (Å²) in [7, 11) is 0. The molecule has 5 heterocycles. The Bertz CT molecular complexity index is 1170. The van der Waals surface area contributed by atoms with Crippen LogP contribution >= 0.6 is 11.3 Å². The van der Waals surface area contributed by atoms with Crippen LogP contribution in [-0.4, -0.2) is 41.0 Å². The average molecular weight is 437 g/mol. The van der Waals surface area contributed by atoms with Gasteiger partial charge in [0.15, 0.2) is 0 Å². The highest BCUT2D eigenvalue weighted by molar-refractivity contribution is 7.21. The molecule has 2 aliphatic heterocycles. The van der Waals surface area contributed by atoms with E-state index in [2.05, 4.69) is 39.8 Å². The summed E-state index contributed by atoms with van der Waals surface area (Å²) in [6.45, 7) is 5.87. The maximum atomic E-state index is 13.2. The fraction of sp³-hybridized carbons (Fsp3) is 0.364. The van der Waals surface area contributed by atoms with E-state index in [-0.39, 0.29) is 23.9 Å². The number of pyridine rings is 2. The van der Waals surface area contributed by atoms with Gasteiger partial charge in [0.25, 0.3) is 5.91 Å². The van der Waals surface area contributed by atoms with Gasteiger partial charge in [-0.3, -0.25) is 14.7 Å². The molecule has 0 spiro atoms. The predicted octanol–water partition coefficient (Wildman–Crippen LogP) is 3.98. The van der Waals surface area contributed by atoms with Gasteiger partial charge in [-0.15, -0.1) is 11.3 Å². The molecule has 0 radical (unpaired) electrons. The normalized spacial score (nSPS) is 18.4. The highest BCUT2D eigenvalue weighted by atomic mass is 32.1. The van der Waals surface area contributed by atoms with E-state index in [1.54, 1.807) is 17.3 Å². The number of thiophene rings is 1. The quantitative estimate of drug-likeness (QED) is 0.575. The van der Waals surface area contributed by atoms with Crippen LogP contribution in [0, 0.1) is 0 Å². The van der Waals surface area contributed by atoms with Crippen LogP contribution in [0.25, 0.3) is 10.2 Å². The van der Waals surface area contributed by atoms with Crippen molar-refractivity contribution in [1.82, 2.24) is 20.6 Å². The number of hydrogen-bond donors (Lipinski definition) is 3. The van der Waals surface area contributed by atoms with Gasteiger partial charge in [0.05, 0.1) is 22.4 Å². The third kappa shape index (κ3) is 3.53. The number of piperidine rings is 1. The third-order valence-corrected chi connectivity index (χ3v) is 6.80. The van der Waals surface area contributed by atoms with Crippen molar-refractivity contribution in [1.29, 1.82) is 0 Å². The number of carbonyl (C=O) groups is 2. The molecule has 3 N–H and O–H groups in total. The fourth-order valence-corrected chi connectivity index (χ4v) is 5.14. The Balaban J connectivity index is 1.56. The van der Waals surface area contributed by atoms with E-state index in [1.807, 2.05) is 18.2 Å². The van der Waals surface area contributed by atoms with Gasteiger partial charge < -0.3 is 16.0 Å². The second-order valence-corrected chi connectivity index (χ2v) is 9.19. The first-order chi connectivity index (χ1) is 15.0. The van der Waals surface area contributed by atoms with Gasteiger partial charge in [-0.05, 0) is 43.5 Å². The molecule has 1 unspecified atom stereocenters. The highest BCUT2D eigenvalue weighted by Crippen LogP contribution is 2.45. The molecule has 0 aromatic carbocycles. The van der Waals surface area contributed by atoms with Gasteiger partial charge in [0, 0.05) is 30.7 Å². The van der Waals surface area contributed by atoms with Crippen molar-refractivity contribution < 1.29 is 9.59 Å². The molecular weight excluding hydrogens is 412 g/mol. The van der Waals surface area contributed by atoms with Crippen molar-refractivity contribution in [3.05, 3.63) is 41.2 Å².